The van der Waals surface area contributed by atoms with E-state index in [1.807, 2.05) is 39.0 Å². The Hall–Kier alpha value is -1.75. The molecule has 94 valence electrons. The van der Waals surface area contributed by atoms with Crippen molar-refractivity contribution in [3.05, 3.63) is 44.9 Å². The van der Waals surface area contributed by atoms with Crippen LogP contribution in [0.15, 0.2) is 18.2 Å². The van der Waals surface area contributed by atoms with Gasteiger partial charge < -0.3 is 5.32 Å². The van der Waals surface area contributed by atoms with E-state index in [0.29, 0.717) is 12.1 Å². The smallest absolute Gasteiger partial charge is 0.251 e. The van der Waals surface area contributed by atoms with E-state index < -0.39 is 0 Å². The van der Waals surface area contributed by atoms with Gasteiger partial charge >= 0.3 is 0 Å². The summed E-state index contributed by atoms with van der Waals surface area (Å²) < 4.78 is 0. The summed E-state index contributed by atoms with van der Waals surface area (Å²) >= 11 is 1.49. The molecule has 1 heterocycles. The molecule has 0 aliphatic rings. The molecule has 1 N–H and O–H groups in total. The predicted octanol–water partition coefficient (Wildman–Crippen LogP) is 2.39. The number of aromatic nitrogens is 2. The lowest BCUT2D eigenvalue weighted by Gasteiger charge is -2.05. The minimum absolute atomic E-state index is 0.0778. The first-order chi connectivity index (χ1) is 8.56. The van der Waals surface area contributed by atoms with Crippen LogP contribution in [0.25, 0.3) is 0 Å². The summed E-state index contributed by atoms with van der Waals surface area (Å²) in [6, 6.07) is 5.69. The van der Waals surface area contributed by atoms with Gasteiger partial charge in [0.2, 0.25) is 0 Å². The van der Waals surface area contributed by atoms with E-state index in [2.05, 4.69) is 15.5 Å². The monoisotopic (exact) mass is 261 g/mol. The maximum absolute atomic E-state index is 11.9. The van der Waals surface area contributed by atoms with Gasteiger partial charge in [-0.1, -0.05) is 17.4 Å². The van der Waals surface area contributed by atoms with Gasteiger partial charge in [0.15, 0.2) is 0 Å². The zero-order valence-electron chi connectivity index (χ0n) is 10.7. The number of rotatable bonds is 3. The Morgan fingerprint density at radius 2 is 2.00 bits per heavy atom. The lowest BCUT2D eigenvalue weighted by Crippen LogP contribution is -2.22. The lowest BCUT2D eigenvalue weighted by molar-refractivity contribution is 0.0950. The first-order valence-corrected chi connectivity index (χ1v) is 6.52. The van der Waals surface area contributed by atoms with Crippen LogP contribution in [0.4, 0.5) is 0 Å². The highest BCUT2D eigenvalue weighted by atomic mass is 32.1. The van der Waals surface area contributed by atoms with Crippen LogP contribution in [-0.2, 0) is 6.54 Å². The van der Waals surface area contributed by atoms with E-state index in [-0.39, 0.29) is 5.91 Å². The van der Waals surface area contributed by atoms with Crippen LogP contribution in [0.5, 0.6) is 0 Å². The first-order valence-electron chi connectivity index (χ1n) is 5.70. The molecular weight excluding hydrogens is 246 g/mol. The molecule has 0 atom stereocenters. The van der Waals surface area contributed by atoms with Crippen LogP contribution in [0.1, 0.15) is 31.5 Å². The fraction of sp³-hybridized carbons (Fsp3) is 0.308. The molecule has 0 aliphatic carbocycles. The highest BCUT2D eigenvalue weighted by molar-refractivity contribution is 7.11. The first kappa shape index (κ1) is 12.7. The maximum atomic E-state index is 11.9. The van der Waals surface area contributed by atoms with Crippen LogP contribution in [0.2, 0.25) is 0 Å². The van der Waals surface area contributed by atoms with Crippen molar-refractivity contribution in [2.24, 2.45) is 0 Å². The van der Waals surface area contributed by atoms with Crippen LogP contribution in [0.3, 0.4) is 0 Å². The normalized spacial score (nSPS) is 10.4. The molecule has 2 aromatic rings. The molecule has 0 fully saturated rings. The average molecular weight is 261 g/mol. The summed E-state index contributed by atoms with van der Waals surface area (Å²) in [5.74, 6) is -0.0778. The van der Waals surface area contributed by atoms with Gasteiger partial charge in [-0.15, -0.1) is 10.2 Å². The van der Waals surface area contributed by atoms with Crippen LogP contribution >= 0.6 is 11.3 Å². The highest BCUT2D eigenvalue weighted by Crippen LogP contribution is 2.11. The Labute approximate surface area is 110 Å². The zero-order valence-corrected chi connectivity index (χ0v) is 11.5. The van der Waals surface area contributed by atoms with E-state index in [0.717, 1.165) is 15.6 Å². The summed E-state index contributed by atoms with van der Waals surface area (Å²) in [7, 11) is 0. The third-order valence-electron chi connectivity index (χ3n) is 2.74. The minimum Gasteiger partial charge on any atom is -0.345 e. The molecule has 1 amide bonds. The van der Waals surface area contributed by atoms with E-state index in [9.17, 15) is 4.79 Å². The van der Waals surface area contributed by atoms with Gasteiger partial charge in [0.1, 0.15) is 10.0 Å². The predicted molar refractivity (Wildman–Crippen MR) is 71.7 cm³/mol. The second kappa shape index (κ2) is 5.27. The van der Waals surface area contributed by atoms with Crippen molar-refractivity contribution < 1.29 is 4.79 Å². The van der Waals surface area contributed by atoms with Gasteiger partial charge in [0, 0.05) is 5.56 Å². The molecule has 1 aromatic heterocycles. The molecule has 2 rings (SSSR count). The number of carbonyl (C=O) groups is 1. The molecule has 4 nitrogen and oxygen atoms in total. The molecule has 0 saturated carbocycles. The number of amides is 1. The highest BCUT2D eigenvalue weighted by Gasteiger charge is 2.07. The van der Waals surface area contributed by atoms with Crippen LogP contribution in [0, 0.1) is 20.8 Å². The van der Waals surface area contributed by atoms with E-state index >= 15 is 0 Å². The van der Waals surface area contributed by atoms with Crippen molar-refractivity contribution in [3.8, 4) is 0 Å². The van der Waals surface area contributed by atoms with Crippen molar-refractivity contribution in [1.82, 2.24) is 15.5 Å². The Morgan fingerprint density at radius 3 is 2.61 bits per heavy atom. The van der Waals surface area contributed by atoms with Gasteiger partial charge in [-0.05, 0) is 44.0 Å². The average Bonchev–Trinajstić information content (AvgIpc) is 2.75. The van der Waals surface area contributed by atoms with E-state index in [1.54, 1.807) is 0 Å². The van der Waals surface area contributed by atoms with Crippen molar-refractivity contribution in [3.63, 3.8) is 0 Å². The molecule has 0 aliphatic heterocycles. The van der Waals surface area contributed by atoms with Gasteiger partial charge in [-0.2, -0.15) is 0 Å². The topological polar surface area (TPSA) is 54.9 Å². The van der Waals surface area contributed by atoms with Gasteiger partial charge in [0.05, 0.1) is 6.54 Å². The van der Waals surface area contributed by atoms with Gasteiger partial charge in [-0.3, -0.25) is 4.79 Å². The number of nitrogens with zero attached hydrogens (tertiary/aromatic N) is 2. The van der Waals surface area contributed by atoms with Crippen molar-refractivity contribution in [2.45, 2.75) is 27.3 Å². The van der Waals surface area contributed by atoms with Crippen molar-refractivity contribution in [1.29, 1.82) is 0 Å². The number of hydrogen-bond acceptors (Lipinski definition) is 4. The Bertz CT molecular complexity index is 577. The van der Waals surface area contributed by atoms with Gasteiger partial charge in [-0.25, -0.2) is 0 Å². The lowest BCUT2D eigenvalue weighted by atomic mass is 10.1. The Morgan fingerprint density at radius 1 is 1.22 bits per heavy atom. The summed E-state index contributed by atoms with van der Waals surface area (Å²) in [5, 5.41) is 12.5. The van der Waals surface area contributed by atoms with Crippen LogP contribution < -0.4 is 5.32 Å². The summed E-state index contributed by atoms with van der Waals surface area (Å²) in [4.78, 5) is 11.9. The number of aryl methyl sites for hydroxylation is 3. The Balaban J connectivity index is 2.01. The maximum Gasteiger partial charge on any atom is 0.251 e. The van der Waals surface area contributed by atoms with Crippen molar-refractivity contribution in [2.75, 3.05) is 0 Å². The third-order valence-corrected chi connectivity index (χ3v) is 3.58. The molecule has 0 bridgehead atoms. The Kier molecular flexibility index (Phi) is 3.72. The van der Waals surface area contributed by atoms with Crippen molar-refractivity contribution >= 4 is 17.2 Å². The fourth-order valence-electron chi connectivity index (χ4n) is 1.55. The van der Waals surface area contributed by atoms with E-state index in [1.165, 1.54) is 16.9 Å². The third kappa shape index (κ3) is 2.92. The molecule has 1 aromatic carbocycles. The molecular formula is C13H15N3OS. The molecule has 0 radical (unpaired) electrons. The summed E-state index contributed by atoms with van der Waals surface area (Å²) in [5.41, 5.74) is 2.99. The fourth-order valence-corrected chi connectivity index (χ4v) is 2.20. The second-order valence-corrected chi connectivity index (χ2v) is 5.46. The largest absolute Gasteiger partial charge is 0.345 e. The minimum atomic E-state index is -0.0778. The molecule has 0 spiro atoms. The number of benzene rings is 1. The zero-order chi connectivity index (χ0) is 13.1. The second-order valence-electron chi connectivity index (χ2n) is 4.20. The number of hydrogen-bond donors (Lipinski definition) is 1. The molecule has 5 heteroatoms. The summed E-state index contributed by atoms with van der Waals surface area (Å²) in [6.07, 6.45) is 0. The quantitative estimate of drug-likeness (QED) is 0.923. The SMILES string of the molecule is Cc1nnc(CNC(=O)c2ccc(C)c(C)c2)s1. The van der Waals surface area contributed by atoms with Gasteiger partial charge in [0.25, 0.3) is 5.91 Å². The van der Waals surface area contributed by atoms with Crippen LogP contribution in [-0.4, -0.2) is 16.1 Å². The molecule has 0 saturated heterocycles. The number of nitrogens with one attached hydrogen (secondary N) is 1. The van der Waals surface area contributed by atoms with E-state index in [4.69, 9.17) is 0 Å². The number of carbonyl (C=O) groups excluding carboxylic acids is 1. The standard InChI is InChI=1S/C13H15N3OS/c1-8-4-5-11(6-9(8)2)13(17)14-7-12-16-15-10(3)18-12/h4-6H,7H2,1-3H3,(H,14,17). The molecule has 18 heavy (non-hydrogen) atoms. The molecule has 0 unspecified atom stereocenters. The summed E-state index contributed by atoms with van der Waals surface area (Å²) in [6.45, 7) is 6.35.